The van der Waals surface area contributed by atoms with E-state index in [2.05, 4.69) is 0 Å². The second kappa shape index (κ2) is 9.06. The van der Waals surface area contributed by atoms with E-state index >= 15 is 0 Å². The lowest BCUT2D eigenvalue weighted by Gasteiger charge is -2.34. The first-order chi connectivity index (χ1) is 19.9. The van der Waals surface area contributed by atoms with Crippen LogP contribution >= 0.6 is 11.6 Å². The number of rotatable bonds is 4. The molecule has 0 N–H and O–H groups in total. The maximum absolute atomic E-state index is 14.7. The molecule has 7 rings (SSSR count). The quantitative estimate of drug-likeness (QED) is 0.265. The van der Waals surface area contributed by atoms with Crippen molar-refractivity contribution in [1.29, 1.82) is 0 Å². The molecule has 1 aliphatic heterocycles. The molecular weight excluding hydrogens is 540 g/mol. The van der Waals surface area contributed by atoms with Crippen molar-refractivity contribution in [3.63, 3.8) is 0 Å². The summed E-state index contributed by atoms with van der Waals surface area (Å²) in [5.41, 5.74) is -2.27. The Hall–Kier alpha value is -4.39. The molecule has 1 heterocycles. The summed E-state index contributed by atoms with van der Waals surface area (Å²) in [7, 11) is 0. The number of ketones is 4. The minimum Gasteiger partial charge on any atom is -0.494 e. The van der Waals surface area contributed by atoms with Crippen molar-refractivity contribution in [2.75, 3.05) is 6.61 Å². The Kier molecular flexibility index (Phi) is 5.65. The second-order valence-electron chi connectivity index (χ2n) is 10.5. The summed E-state index contributed by atoms with van der Waals surface area (Å²) in [6.07, 6.45) is -1.24. The van der Waals surface area contributed by atoms with Gasteiger partial charge in [0.1, 0.15) is 17.3 Å². The Balaban J connectivity index is 1.56. The van der Waals surface area contributed by atoms with Gasteiger partial charge in [-0.1, -0.05) is 84.4 Å². The van der Waals surface area contributed by atoms with Gasteiger partial charge in [0.2, 0.25) is 17.2 Å². The predicted molar refractivity (Wildman–Crippen MR) is 151 cm³/mol. The zero-order valence-electron chi connectivity index (χ0n) is 21.9. The van der Waals surface area contributed by atoms with Crippen molar-refractivity contribution in [3.05, 3.63) is 135 Å². The van der Waals surface area contributed by atoms with Crippen LogP contribution in [0.3, 0.4) is 0 Å². The van der Waals surface area contributed by atoms with Crippen LogP contribution in [0.1, 0.15) is 71.5 Å². The van der Waals surface area contributed by atoms with Gasteiger partial charge in [-0.25, -0.2) is 0 Å². The molecular formula is C34H23ClO6. The Morgan fingerprint density at radius 1 is 0.659 bits per heavy atom. The molecule has 1 fully saturated rings. The summed E-state index contributed by atoms with van der Waals surface area (Å²) in [6.45, 7) is 2.30. The fourth-order valence-electron chi connectivity index (χ4n) is 6.89. The summed E-state index contributed by atoms with van der Waals surface area (Å²) >= 11 is 6.20. The van der Waals surface area contributed by atoms with Crippen molar-refractivity contribution < 1.29 is 28.7 Å². The molecule has 3 aliphatic rings. The highest BCUT2D eigenvalue weighted by molar-refractivity contribution is 6.37. The molecule has 4 aromatic carbocycles. The molecule has 0 aromatic heterocycles. The van der Waals surface area contributed by atoms with Gasteiger partial charge in [-0.05, 0) is 42.3 Å². The van der Waals surface area contributed by atoms with Gasteiger partial charge >= 0.3 is 0 Å². The first kappa shape index (κ1) is 25.6. The third-order valence-corrected chi connectivity index (χ3v) is 8.79. The topological polar surface area (TPSA) is 86.7 Å². The minimum atomic E-state index is -2.14. The molecule has 2 aliphatic carbocycles. The van der Waals surface area contributed by atoms with Gasteiger partial charge in [0, 0.05) is 27.3 Å². The highest BCUT2D eigenvalue weighted by Gasteiger charge is 2.79. The van der Waals surface area contributed by atoms with Crippen molar-refractivity contribution in [1.82, 2.24) is 0 Å². The van der Waals surface area contributed by atoms with Crippen molar-refractivity contribution in [2.24, 2.45) is 5.41 Å². The Labute approximate surface area is 240 Å². The Bertz CT molecular complexity index is 1700. The van der Waals surface area contributed by atoms with E-state index in [0.717, 1.165) is 0 Å². The first-order valence-corrected chi connectivity index (χ1v) is 13.8. The minimum absolute atomic E-state index is 0.204. The van der Waals surface area contributed by atoms with Crippen LogP contribution < -0.4 is 4.74 Å². The van der Waals surface area contributed by atoms with Crippen LogP contribution in [-0.4, -0.2) is 35.3 Å². The molecule has 0 radical (unpaired) electrons. The van der Waals surface area contributed by atoms with Crippen LogP contribution in [-0.2, 0) is 4.74 Å². The first-order valence-electron chi connectivity index (χ1n) is 13.4. The zero-order chi connectivity index (χ0) is 28.5. The molecule has 7 heteroatoms. The Morgan fingerprint density at radius 2 is 1.12 bits per heavy atom. The average molecular weight is 563 g/mol. The molecule has 6 nitrogen and oxygen atoms in total. The van der Waals surface area contributed by atoms with E-state index in [1.165, 1.54) is 0 Å². The Morgan fingerprint density at radius 3 is 1.61 bits per heavy atom. The molecule has 2 spiro atoms. The van der Waals surface area contributed by atoms with Crippen LogP contribution in [0, 0.1) is 5.41 Å². The van der Waals surface area contributed by atoms with E-state index in [1.54, 1.807) is 97.1 Å². The van der Waals surface area contributed by atoms with E-state index in [1.807, 2.05) is 6.92 Å². The monoisotopic (exact) mass is 562 g/mol. The molecule has 202 valence electrons. The molecule has 0 saturated carbocycles. The number of hydrogen-bond acceptors (Lipinski definition) is 6. The molecule has 0 unspecified atom stereocenters. The van der Waals surface area contributed by atoms with Gasteiger partial charge in [0.05, 0.1) is 12.5 Å². The molecule has 0 bridgehead atoms. The normalized spacial score (nSPS) is 21.5. The summed E-state index contributed by atoms with van der Waals surface area (Å²) in [6, 6.07) is 26.6. The predicted octanol–water partition coefficient (Wildman–Crippen LogP) is 6.48. The van der Waals surface area contributed by atoms with Crippen LogP contribution in [0.5, 0.6) is 5.75 Å². The number of ether oxygens (including phenoxy) is 2. The van der Waals surface area contributed by atoms with Gasteiger partial charge in [0.25, 0.3) is 0 Å². The van der Waals surface area contributed by atoms with E-state index in [4.69, 9.17) is 21.1 Å². The van der Waals surface area contributed by atoms with Crippen LogP contribution in [0.2, 0.25) is 5.02 Å². The fourth-order valence-corrected chi connectivity index (χ4v) is 7.01. The lowest BCUT2D eigenvalue weighted by molar-refractivity contribution is -0.0210. The van der Waals surface area contributed by atoms with Gasteiger partial charge in [-0.3, -0.25) is 19.2 Å². The maximum Gasteiger partial charge on any atom is 0.204 e. The highest BCUT2D eigenvalue weighted by atomic mass is 35.5. The van der Waals surface area contributed by atoms with Crippen molar-refractivity contribution in [2.45, 2.75) is 24.5 Å². The SMILES string of the molecule is CCOc1ccc([C@H]2C3(O[C@@H](c4ccc(Cl)cc4)C24C(=O)c2ccccc2C4=O)C(=O)c2ccccc2C3=O)cc1. The number of halogens is 1. The lowest BCUT2D eigenvalue weighted by atomic mass is 9.60. The van der Waals surface area contributed by atoms with E-state index in [-0.39, 0.29) is 22.3 Å². The standard InChI is InChI=1S/C34H23ClO6/c1-2-40-22-17-13-19(14-18-22)27-33(28(36)23-7-3-4-8-24(23)29(33)37)32(20-11-15-21(35)16-12-20)41-34(27)30(38)25-9-5-6-10-26(25)31(34)39/h3-18,27,32H,2H2,1H3/t27-,32+/m1/s1. The molecule has 2 atom stereocenters. The maximum atomic E-state index is 14.7. The largest absolute Gasteiger partial charge is 0.494 e. The number of benzene rings is 4. The highest BCUT2D eigenvalue weighted by Crippen LogP contribution is 2.67. The summed E-state index contributed by atoms with van der Waals surface area (Å²) < 4.78 is 12.3. The van der Waals surface area contributed by atoms with Gasteiger partial charge in [0.15, 0.2) is 11.6 Å². The van der Waals surface area contributed by atoms with Crippen LogP contribution in [0.4, 0.5) is 0 Å². The molecule has 41 heavy (non-hydrogen) atoms. The van der Waals surface area contributed by atoms with Crippen LogP contribution in [0.15, 0.2) is 97.1 Å². The number of Topliss-reactive ketones (excluding diaryl/α,β-unsaturated/α-hetero) is 4. The van der Waals surface area contributed by atoms with Gasteiger partial charge in [-0.15, -0.1) is 0 Å². The van der Waals surface area contributed by atoms with E-state index in [9.17, 15) is 19.2 Å². The van der Waals surface area contributed by atoms with Crippen molar-refractivity contribution >= 4 is 34.7 Å². The third-order valence-electron chi connectivity index (χ3n) is 8.54. The van der Waals surface area contributed by atoms with E-state index in [0.29, 0.717) is 28.5 Å². The molecule has 0 amide bonds. The van der Waals surface area contributed by atoms with Crippen molar-refractivity contribution in [3.8, 4) is 5.75 Å². The smallest absolute Gasteiger partial charge is 0.204 e. The second-order valence-corrected chi connectivity index (χ2v) is 10.9. The lowest BCUT2D eigenvalue weighted by Crippen LogP contribution is -2.51. The number of fused-ring (bicyclic) bond motifs is 2. The summed E-state index contributed by atoms with van der Waals surface area (Å²) in [4.78, 5) is 58.2. The summed E-state index contributed by atoms with van der Waals surface area (Å²) in [5.74, 6) is -2.78. The van der Waals surface area contributed by atoms with Gasteiger partial charge in [-0.2, -0.15) is 0 Å². The summed E-state index contributed by atoms with van der Waals surface area (Å²) in [5, 5.41) is 0.450. The zero-order valence-corrected chi connectivity index (χ0v) is 22.7. The molecule has 1 saturated heterocycles. The van der Waals surface area contributed by atoms with Gasteiger partial charge < -0.3 is 9.47 Å². The van der Waals surface area contributed by atoms with E-state index < -0.39 is 46.2 Å². The van der Waals surface area contributed by atoms with Crippen LogP contribution in [0.25, 0.3) is 0 Å². The fraction of sp³-hybridized carbons (Fsp3) is 0.176. The number of hydrogen-bond donors (Lipinski definition) is 0. The average Bonchev–Trinajstić information content (AvgIpc) is 3.52. The number of carbonyl (C=O) groups excluding carboxylic acids is 4. The number of carbonyl (C=O) groups is 4. The molecule has 4 aromatic rings. The third kappa shape index (κ3) is 3.23.